The van der Waals surface area contributed by atoms with Crippen LogP contribution in [-0.4, -0.2) is 19.8 Å². The molecule has 0 N–H and O–H groups in total. The lowest BCUT2D eigenvalue weighted by molar-refractivity contribution is 0.270. The molecule has 0 fully saturated rings. The third-order valence-electron chi connectivity index (χ3n) is 13.8. The van der Waals surface area contributed by atoms with Crippen LogP contribution in [0.2, 0.25) is 0 Å². The molecule has 2 unspecified atom stereocenters. The van der Waals surface area contributed by atoms with Crippen molar-refractivity contribution < 1.29 is 4.74 Å². The van der Waals surface area contributed by atoms with E-state index in [1.807, 2.05) is 0 Å². The van der Waals surface area contributed by atoms with Gasteiger partial charge in [-0.25, -0.2) is 0 Å². The quantitative estimate of drug-likeness (QED) is 0.170. The van der Waals surface area contributed by atoms with E-state index in [4.69, 9.17) is 4.74 Å². The van der Waals surface area contributed by atoms with Gasteiger partial charge in [0.25, 0.3) is 0 Å². The first-order valence-electron chi connectivity index (χ1n) is 22.2. The molecular formula is C60H39N3O. The maximum atomic E-state index is 6.52. The summed E-state index contributed by atoms with van der Waals surface area (Å²) < 4.78 is 13.7. The van der Waals surface area contributed by atoms with Gasteiger partial charge in [0.05, 0.1) is 33.1 Å². The molecule has 0 saturated heterocycles. The van der Waals surface area contributed by atoms with Crippen molar-refractivity contribution in [2.75, 3.05) is 0 Å². The molecule has 4 heteroatoms. The van der Waals surface area contributed by atoms with Crippen LogP contribution in [0.3, 0.4) is 0 Å². The highest BCUT2D eigenvalue weighted by atomic mass is 16.5. The van der Waals surface area contributed by atoms with Gasteiger partial charge in [0, 0.05) is 66.4 Å². The molecule has 2 atom stereocenters. The number of ether oxygens (including phenoxy) is 1. The Morgan fingerprint density at radius 2 is 0.734 bits per heavy atom. The first-order valence-corrected chi connectivity index (χ1v) is 22.2. The van der Waals surface area contributed by atoms with Crippen LogP contribution in [-0.2, 0) is 0 Å². The van der Waals surface area contributed by atoms with E-state index in [0.717, 1.165) is 33.9 Å². The molecule has 2 aliphatic rings. The smallest absolute Gasteiger partial charge is 0.132 e. The van der Waals surface area contributed by atoms with Gasteiger partial charge in [-0.15, -0.1) is 0 Å². The largest absolute Gasteiger partial charge is 0.484 e. The SMILES string of the molecule is C1=CC2Oc3c(-c4ccc(-n5c6ccccc6c6cc(-c7ccc8c(c7)c7ccccc7n8-c7ccc(-n8c9ccccc9c9ccccc98)cc7)ccc65)cc4)cccc3C2C=C1. The normalized spacial score (nSPS) is 15.5. The van der Waals surface area contributed by atoms with Crippen LogP contribution in [0.15, 0.2) is 224 Å². The number of hydrogen-bond donors (Lipinski definition) is 0. The van der Waals surface area contributed by atoms with E-state index in [-0.39, 0.29) is 12.0 Å². The van der Waals surface area contributed by atoms with Crippen LogP contribution in [0.25, 0.3) is 105 Å². The first-order chi connectivity index (χ1) is 31.7. The van der Waals surface area contributed by atoms with E-state index in [2.05, 4.69) is 238 Å². The Bertz CT molecular complexity index is 3880. The van der Waals surface area contributed by atoms with Crippen LogP contribution >= 0.6 is 0 Å². The number of nitrogens with zero attached hydrogens (tertiary/aromatic N) is 3. The first kappa shape index (κ1) is 35.3. The zero-order valence-corrected chi connectivity index (χ0v) is 34.8. The van der Waals surface area contributed by atoms with Crippen LogP contribution in [0, 0.1) is 0 Å². The molecule has 0 spiro atoms. The molecule has 64 heavy (non-hydrogen) atoms. The van der Waals surface area contributed by atoms with E-state index < -0.39 is 0 Å². The lowest BCUT2D eigenvalue weighted by atomic mass is 9.90. The molecule has 300 valence electrons. The molecular weight excluding hydrogens is 779 g/mol. The van der Waals surface area contributed by atoms with Crippen LogP contribution in [0.4, 0.5) is 0 Å². The van der Waals surface area contributed by atoms with Crippen LogP contribution < -0.4 is 4.74 Å². The Kier molecular flexibility index (Phi) is 7.48. The van der Waals surface area contributed by atoms with Gasteiger partial charge in [0.1, 0.15) is 11.9 Å². The summed E-state index contributed by atoms with van der Waals surface area (Å²) in [6, 6.07) is 73.4. The summed E-state index contributed by atoms with van der Waals surface area (Å²) in [7, 11) is 0. The number of aromatic nitrogens is 3. The summed E-state index contributed by atoms with van der Waals surface area (Å²) in [6.07, 6.45) is 8.69. The molecule has 1 aliphatic carbocycles. The van der Waals surface area contributed by atoms with E-state index in [1.54, 1.807) is 0 Å². The van der Waals surface area contributed by atoms with Crippen molar-refractivity contribution in [3.8, 4) is 45.1 Å². The Labute approximate surface area is 369 Å². The molecule has 14 rings (SSSR count). The maximum Gasteiger partial charge on any atom is 0.132 e. The highest BCUT2D eigenvalue weighted by Gasteiger charge is 2.33. The lowest BCUT2D eigenvalue weighted by Crippen LogP contribution is -2.15. The number of hydrogen-bond acceptors (Lipinski definition) is 1. The van der Waals surface area contributed by atoms with E-state index in [9.17, 15) is 0 Å². The Morgan fingerprint density at radius 3 is 1.23 bits per heavy atom. The van der Waals surface area contributed by atoms with Gasteiger partial charge in [0.15, 0.2) is 0 Å². The summed E-state index contributed by atoms with van der Waals surface area (Å²) in [5.74, 6) is 1.27. The third-order valence-corrected chi connectivity index (χ3v) is 13.8. The van der Waals surface area contributed by atoms with Crippen molar-refractivity contribution >= 4 is 65.4 Å². The molecule has 9 aromatic carbocycles. The van der Waals surface area contributed by atoms with Crippen molar-refractivity contribution in [1.82, 2.24) is 13.7 Å². The van der Waals surface area contributed by atoms with Gasteiger partial charge in [-0.1, -0.05) is 133 Å². The molecule has 0 saturated carbocycles. The predicted molar refractivity (Wildman–Crippen MR) is 266 cm³/mol. The fourth-order valence-electron chi connectivity index (χ4n) is 10.9. The summed E-state index contributed by atoms with van der Waals surface area (Å²) >= 11 is 0. The van der Waals surface area contributed by atoms with Crippen LogP contribution in [0.5, 0.6) is 5.75 Å². The third kappa shape index (κ3) is 5.11. The highest BCUT2D eigenvalue weighted by Crippen LogP contribution is 2.47. The lowest BCUT2D eigenvalue weighted by Gasteiger charge is -2.14. The standard InChI is InChI=1S/C60H39N3O/c1-6-19-53-45(12-1)46-13-2-7-20-54(46)61(53)42-30-32-43(33-31-42)63-56-22-9-4-15-48(56)52-37-40(27-35-58(52)63)39-26-34-57-51(36-39)47-14-3-8-21-55(47)62(57)41-28-24-38(25-29-41)44-17-11-18-50-49-16-5-10-23-59(49)64-60(44)50/h1-37,49,59H. The van der Waals surface area contributed by atoms with E-state index in [1.165, 1.54) is 82.1 Å². The summed E-state index contributed by atoms with van der Waals surface area (Å²) in [5, 5.41) is 7.50. The van der Waals surface area contributed by atoms with Crippen molar-refractivity contribution in [2.24, 2.45) is 0 Å². The molecule has 0 bridgehead atoms. The van der Waals surface area contributed by atoms with Gasteiger partial charge in [-0.3, -0.25) is 0 Å². The van der Waals surface area contributed by atoms with Gasteiger partial charge in [-0.05, 0) is 108 Å². The zero-order chi connectivity index (χ0) is 41.9. The van der Waals surface area contributed by atoms with Gasteiger partial charge < -0.3 is 18.4 Å². The minimum absolute atomic E-state index is 0.0629. The number of benzene rings is 9. The number of para-hydroxylation sites is 5. The van der Waals surface area contributed by atoms with Crippen LogP contribution in [0.1, 0.15) is 11.5 Å². The van der Waals surface area contributed by atoms with Crippen molar-refractivity contribution in [3.63, 3.8) is 0 Å². The van der Waals surface area contributed by atoms with Gasteiger partial charge in [-0.2, -0.15) is 0 Å². The fourth-order valence-corrected chi connectivity index (χ4v) is 10.9. The molecule has 3 aromatic heterocycles. The fraction of sp³-hybridized carbons (Fsp3) is 0.0333. The monoisotopic (exact) mass is 817 g/mol. The van der Waals surface area contributed by atoms with Crippen molar-refractivity contribution in [3.05, 3.63) is 230 Å². The molecule has 4 nitrogen and oxygen atoms in total. The number of rotatable bonds is 5. The molecule has 1 aliphatic heterocycles. The second-order valence-electron chi connectivity index (χ2n) is 17.2. The molecule has 0 amide bonds. The highest BCUT2D eigenvalue weighted by molar-refractivity contribution is 6.13. The van der Waals surface area contributed by atoms with Crippen molar-refractivity contribution in [1.29, 1.82) is 0 Å². The summed E-state index contributed by atoms with van der Waals surface area (Å²) in [6.45, 7) is 0. The minimum Gasteiger partial charge on any atom is -0.484 e. The second kappa shape index (κ2) is 13.6. The number of allylic oxidation sites excluding steroid dienone is 2. The molecule has 12 aromatic rings. The summed E-state index contributed by atoms with van der Waals surface area (Å²) in [4.78, 5) is 0. The van der Waals surface area contributed by atoms with E-state index in [0.29, 0.717) is 0 Å². The van der Waals surface area contributed by atoms with Gasteiger partial charge in [0.2, 0.25) is 0 Å². The Hall–Kier alpha value is -8.34. The Balaban J connectivity index is 0.840. The van der Waals surface area contributed by atoms with E-state index >= 15 is 0 Å². The topological polar surface area (TPSA) is 24.0 Å². The average molecular weight is 818 g/mol. The number of fused-ring (bicyclic) bond motifs is 12. The Morgan fingerprint density at radius 1 is 0.328 bits per heavy atom. The zero-order valence-electron chi connectivity index (χ0n) is 34.8. The minimum atomic E-state index is 0.0629. The van der Waals surface area contributed by atoms with Crippen molar-refractivity contribution in [2.45, 2.75) is 12.0 Å². The second-order valence-corrected chi connectivity index (χ2v) is 17.2. The molecule has 4 heterocycles. The average Bonchev–Trinajstić information content (AvgIpc) is 4.10. The maximum absolute atomic E-state index is 6.52. The predicted octanol–water partition coefficient (Wildman–Crippen LogP) is 15.3. The van der Waals surface area contributed by atoms with Gasteiger partial charge >= 0.3 is 0 Å². The summed E-state index contributed by atoms with van der Waals surface area (Å²) in [5.41, 5.74) is 16.6. The molecule has 0 radical (unpaired) electrons.